The Hall–Kier alpha value is -2.71. The van der Waals surface area contributed by atoms with Crippen molar-refractivity contribution in [2.75, 3.05) is 19.0 Å². The van der Waals surface area contributed by atoms with E-state index in [1.807, 2.05) is 4.98 Å². The van der Waals surface area contributed by atoms with Gasteiger partial charge in [0, 0.05) is 24.9 Å². The molecule has 32 heavy (non-hydrogen) atoms. The smallest absolute Gasteiger partial charge is 0.422 e. The molecular weight excluding hydrogens is 462 g/mol. The van der Waals surface area contributed by atoms with E-state index >= 15 is 0 Å². The van der Waals surface area contributed by atoms with E-state index in [-0.39, 0.29) is 31.1 Å². The second-order valence-corrected chi connectivity index (χ2v) is 8.60. The van der Waals surface area contributed by atoms with Crippen LogP contribution in [-0.2, 0) is 21.5 Å². The zero-order chi connectivity index (χ0) is 23.9. The molecule has 0 saturated heterocycles. The highest BCUT2D eigenvalue weighted by Crippen LogP contribution is 2.25. The number of benzene rings is 1. The summed E-state index contributed by atoms with van der Waals surface area (Å²) in [6, 6.07) is 3.39. The fraction of sp³-hybridized carbons (Fsp3) is 0.444. The molecule has 0 saturated carbocycles. The molecule has 9 nitrogen and oxygen atoms in total. The van der Waals surface area contributed by atoms with Gasteiger partial charge in [0.1, 0.15) is 6.73 Å². The number of halogens is 4. The first-order chi connectivity index (χ1) is 14.9. The predicted octanol–water partition coefficient (Wildman–Crippen LogP) is 1.66. The number of sulfonamides is 1. The summed E-state index contributed by atoms with van der Waals surface area (Å²) in [4.78, 5) is 24.5. The molecule has 1 unspecified atom stereocenters. The Balaban J connectivity index is 1.85. The van der Waals surface area contributed by atoms with E-state index in [0.29, 0.717) is 0 Å². The Morgan fingerprint density at radius 2 is 1.94 bits per heavy atom. The van der Waals surface area contributed by atoms with Crippen molar-refractivity contribution in [1.82, 2.24) is 14.3 Å². The topological polar surface area (TPSA) is 119 Å². The van der Waals surface area contributed by atoms with Crippen LogP contribution in [0.3, 0.4) is 0 Å². The largest absolute Gasteiger partial charge is 0.481 e. The Morgan fingerprint density at radius 3 is 2.59 bits per heavy atom. The molecule has 0 aliphatic carbocycles. The number of aromatic amines is 1. The fourth-order valence-corrected chi connectivity index (χ4v) is 3.81. The van der Waals surface area contributed by atoms with Gasteiger partial charge < -0.3 is 9.47 Å². The summed E-state index contributed by atoms with van der Waals surface area (Å²) in [5.74, 6) is -1.99. The lowest BCUT2D eigenvalue weighted by Gasteiger charge is -2.17. The number of alkyl halides is 3. The Bertz CT molecular complexity index is 1130. The molecular formula is C18H21F4N3O6S. The van der Waals surface area contributed by atoms with E-state index < -0.39 is 51.7 Å². The molecule has 0 bridgehead atoms. The number of hydrogen-bond donors (Lipinski definition) is 2. The molecule has 1 atom stereocenters. The molecule has 14 heteroatoms. The van der Waals surface area contributed by atoms with E-state index in [4.69, 9.17) is 4.74 Å². The molecule has 0 amide bonds. The molecule has 0 fully saturated rings. The van der Waals surface area contributed by atoms with Gasteiger partial charge in [-0.1, -0.05) is 6.07 Å². The summed E-state index contributed by atoms with van der Waals surface area (Å²) in [5, 5.41) is 0. The van der Waals surface area contributed by atoms with Crippen LogP contribution in [-0.4, -0.2) is 43.1 Å². The van der Waals surface area contributed by atoms with Crippen molar-refractivity contribution in [1.29, 1.82) is 0 Å². The van der Waals surface area contributed by atoms with Crippen LogP contribution in [0.1, 0.15) is 24.9 Å². The van der Waals surface area contributed by atoms with Gasteiger partial charge in [0.2, 0.25) is 10.0 Å². The summed E-state index contributed by atoms with van der Waals surface area (Å²) in [6.07, 6.45) is -3.34. The first-order valence-electron chi connectivity index (χ1n) is 9.23. The van der Waals surface area contributed by atoms with Crippen LogP contribution in [0.4, 0.5) is 17.6 Å². The van der Waals surface area contributed by atoms with Crippen LogP contribution < -0.4 is 20.7 Å². The highest BCUT2D eigenvalue weighted by molar-refractivity contribution is 7.89. The van der Waals surface area contributed by atoms with Gasteiger partial charge in [-0.25, -0.2) is 22.3 Å². The second kappa shape index (κ2) is 10.7. The maximum Gasteiger partial charge on any atom is 0.422 e. The van der Waals surface area contributed by atoms with E-state index in [1.165, 1.54) is 19.2 Å². The minimum absolute atomic E-state index is 0.00711. The molecule has 178 valence electrons. The monoisotopic (exact) mass is 483 g/mol. The fourth-order valence-electron chi connectivity index (χ4n) is 2.52. The highest BCUT2D eigenvalue weighted by Gasteiger charge is 2.29. The lowest BCUT2D eigenvalue weighted by molar-refractivity contribution is -0.153. The van der Waals surface area contributed by atoms with Gasteiger partial charge in [0.15, 0.2) is 18.2 Å². The third-order valence-electron chi connectivity index (χ3n) is 4.03. The van der Waals surface area contributed by atoms with Gasteiger partial charge in [-0.05, 0) is 31.0 Å². The van der Waals surface area contributed by atoms with Crippen LogP contribution in [0.2, 0.25) is 0 Å². The van der Waals surface area contributed by atoms with Gasteiger partial charge >= 0.3 is 11.9 Å². The Labute approximate surface area is 180 Å². The lowest BCUT2D eigenvalue weighted by atomic mass is 10.1. The first-order valence-corrected chi connectivity index (χ1v) is 10.9. The average Bonchev–Trinajstić information content (AvgIpc) is 2.67. The lowest BCUT2D eigenvalue weighted by Crippen LogP contribution is -2.30. The number of rotatable bonds is 11. The number of nitrogens with zero attached hydrogens (tertiary/aromatic N) is 1. The third-order valence-corrected chi connectivity index (χ3v) is 5.57. The molecule has 1 aromatic carbocycles. The van der Waals surface area contributed by atoms with Crippen molar-refractivity contribution in [2.24, 2.45) is 0 Å². The van der Waals surface area contributed by atoms with Crippen molar-refractivity contribution < 1.29 is 35.5 Å². The third kappa shape index (κ3) is 8.43. The summed E-state index contributed by atoms with van der Waals surface area (Å²) in [7, 11) is -3.81. The normalized spacial score (nSPS) is 13.2. The zero-order valence-corrected chi connectivity index (χ0v) is 17.6. The Kier molecular flexibility index (Phi) is 8.58. The SMILES string of the molecule is CC(NS(=O)(=O)CCCOCn1ccc(=O)[nH]c1=O)c1ccc(F)c(OCC(F)(F)F)c1. The standard InChI is InChI=1S/C18H21F4N3O6S/c1-12(13-3-4-14(19)15(9-13)31-10-18(20,21)22)24-32(28,29)8-2-7-30-11-25-6-5-16(26)23-17(25)27/h3-6,9,12,24H,2,7-8,10-11H2,1H3,(H,23,26,27). The van der Waals surface area contributed by atoms with Crippen LogP contribution >= 0.6 is 0 Å². The van der Waals surface area contributed by atoms with Crippen molar-refractivity contribution in [2.45, 2.75) is 32.3 Å². The van der Waals surface area contributed by atoms with Crippen LogP contribution in [0, 0.1) is 5.82 Å². The Morgan fingerprint density at radius 1 is 1.22 bits per heavy atom. The number of hydrogen-bond acceptors (Lipinski definition) is 6. The van der Waals surface area contributed by atoms with Crippen molar-refractivity contribution in [3.05, 3.63) is 62.7 Å². The predicted molar refractivity (Wildman–Crippen MR) is 105 cm³/mol. The highest BCUT2D eigenvalue weighted by atomic mass is 32.2. The number of nitrogens with one attached hydrogen (secondary N) is 2. The van der Waals surface area contributed by atoms with Crippen LogP contribution in [0.25, 0.3) is 0 Å². The van der Waals surface area contributed by atoms with Crippen molar-refractivity contribution in [3.63, 3.8) is 0 Å². The molecule has 0 radical (unpaired) electrons. The molecule has 1 heterocycles. The summed E-state index contributed by atoms with van der Waals surface area (Å²) < 4.78 is 88.0. The second-order valence-electron chi connectivity index (χ2n) is 6.72. The van der Waals surface area contributed by atoms with Crippen LogP contribution in [0.5, 0.6) is 5.75 Å². The quantitative estimate of drug-likeness (QED) is 0.371. The van der Waals surface area contributed by atoms with Gasteiger partial charge in [0.25, 0.3) is 5.56 Å². The molecule has 2 aromatic rings. The van der Waals surface area contributed by atoms with Crippen LogP contribution in [0.15, 0.2) is 40.1 Å². The number of H-pyrrole nitrogens is 1. The van der Waals surface area contributed by atoms with Gasteiger partial charge in [0.05, 0.1) is 5.75 Å². The molecule has 1 aromatic heterocycles. The summed E-state index contributed by atoms with van der Waals surface area (Å²) >= 11 is 0. The zero-order valence-electron chi connectivity index (χ0n) is 16.8. The summed E-state index contributed by atoms with van der Waals surface area (Å²) in [5.41, 5.74) is -1.02. The molecule has 0 spiro atoms. The first kappa shape index (κ1) is 25.5. The minimum atomic E-state index is -4.65. The van der Waals surface area contributed by atoms with Crippen molar-refractivity contribution in [3.8, 4) is 5.75 Å². The summed E-state index contributed by atoms with van der Waals surface area (Å²) in [6.45, 7) is -0.432. The molecule has 2 rings (SSSR count). The van der Waals surface area contributed by atoms with E-state index in [2.05, 4.69) is 9.46 Å². The molecule has 0 aliphatic rings. The number of aromatic nitrogens is 2. The maximum absolute atomic E-state index is 13.7. The van der Waals surface area contributed by atoms with Gasteiger partial charge in [-0.3, -0.25) is 14.3 Å². The minimum Gasteiger partial charge on any atom is -0.481 e. The van der Waals surface area contributed by atoms with Crippen molar-refractivity contribution >= 4 is 10.0 Å². The van der Waals surface area contributed by atoms with E-state index in [9.17, 15) is 35.6 Å². The van der Waals surface area contributed by atoms with E-state index in [1.54, 1.807) is 0 Å². The van der Waals surface area contributed by atoms with Gasteiger partial charge in [-0.2, -0.15) is 13.2 Å². The van der Waals surface area contributed by atoms with Gasteiger partial charge in [-0.15, -0.1) is 0 Å². The van der Waals surface area contributed by atoms with E-state index in [0.717, 1.165) is 22.8 Å². The molecule has 0 aliphatic heterocycles. The number of ether oxygens (including phenoxy) is 2. The average molecular weight is 483 g/mol. The molecule has 2 N–H and O–H groups in total. The maximum atomic E-state index is 13.7.